The maximum absolute atomic E-state index is 12.6. The molecule has 0 spiro atoms. The molecule has 0 bridgehead atoms. The van der Waals surface area contributed by atoms with Gasteiger partial charge in [0.25, 0.3) is 0 Å². The Bertz CT molecular complexity index is 572. The highest BCUT2D eigenvalue weighted by Crippen LogP contribution is 2.30. The highest BCUT2D eigenvalue weighted by atomic mass is 19.3. The van der Waals surface area contributed by atoms with Gasteiger partial charge in [0.2, 0.25) is 0 Å². The predicted molar refractivity (Wildman–Crippen MR) is 76.4 cm³/mol. The number of nitrogens with zero attached hydrogens (tertiary/aromatic N) is 2. The van der Waals surface area contributed by atoms with Gasteiger partial charge in [-0.25, -0.2) is 0 Å². The minimum absolute atomic E-state index is 0.173. The SMILES string of the molecule is CCCNC(c1ccn(C)n1)c1ccccc1OC(F)F. The number of rotatable bonds is 7. The van der Waals surface area contributed by atoms with Gasteiger partial charge in [-0.05, 0) is 25.1 Å². The molecule has 0 saturated carbocycles. The Kier molecular flexibility index (Phi) is 5.27. The molecular formula is C15H19F2N3O. The third kappa shape index (κ3) is 4.01. The van der Waals surface area contributed by atoms with Crippen molar-refractivity contribution >= 4 is 0 Å². The van der Waals surface area contributed by atoms with E-state index in [4.69, 9.17) is 0 Å². The Morgan fingerprint density at radius 2 is 2.05 bits per heavy atom. The van der Waals surface area contributed by atoms with Gasteiger partial charge in [-0.3, -0.25) is 4.68 Å². The fraction of sp³-hybridized carbons (Fsp3) is 0.400. The van der Waals surface area contributed by atoms with Gasteiger partial charge in [-0.2, -0.15) is 13.9 Å². The maximum Gasteiger partial charge on any atom is 0.387 e. The summed E-state index contributed by atoms with van der Waals surface area (Å²) in [6.45, 7) is -0.0457. The van der Waals surface area contributed by atoms with Gasteiger partial charge < -0.3 is 10.1 Å². The molecule has 4 nitrogen and oxygen atoms in total. The second-order valence-electron chi connectivity index (χ2n) is 4.72. The molecule has 2 aromatic rings. The highest BCUT2D eigenvalue weighted by molar-refractivity contribution is 5.39. The molecule has 114 valence electrons. The Hall–Kier alpha value is -1.95. The summed E-state index contributed by atoms with van der Waals surface area (Å²) in [5.74, 6) is 0.173. The van der Waals surface area contributed by atoms with Crippen molar-refractivity contribution in [1.82, 2.24) is 15.1 Å². The van der Waals surface area contributed by atoms with Crippen LogP contribution in [0.25, 0.3) is 0 Å². The van der Waals surface area contributed by atoms with Crippen LogP contribution in [0.2, 0.25) is 0 Å². The van der Waals surface area contributed by atoms with Crippen molar-refractivity contribution in [1.29, 1.82) is 0 Å². The zero-order valence-corrected chi connectivity index (χ0v) is 12.1. The molecule has 0 aliphatic carbocycles. The van der Waals surface area contributed by atoms with Crippen LogP contribution in [0.4, 0.5) is 8.78 Å². The lowest BCUT2D eigenvalue weighted by molar-refractivity contribution is -0.0506. The van der Waals surface area contributed by atoms with E-state index in [1.807, 2.05) is 26.2 Å². The number of aromatic nitrogens is 2. The van der Waals surface area contributed by atoms with Crippen molar-refractivity contribution in [2.75, 3.05) is 6.54 Å². The number of benzene rings is 1. The molecule has 1 aromatic carbocycles. The zero-order valence-electron chi connectivity index (χ0n) is 12.1. The molecular weight excluding hydrogens is 276 g/mol. The second kappa shape index (κ2) is 7.17. The zero-order chi connectivity index (χ0) is 15.2. The number of hydrogen-bond acceptors (Lipinski definition) is 3. The fourth-order valence-electron chi connectivity index (χ4n) is 2.17. The van der Waals surface area contributed by atoms with E-state index in [1.165, 1.54) is 0 Å². The summed E-state index contributed by atoms with van der Waals surface area (Å²) < 4.78 is 31.4. The van der Waals surface area contributed by atoms with Crippen LogP contribution in [0.1, 0.15) is 30.6 Å². The first-order valence-corrected chi connectivity index (χ1v) is 6.88. The molecule has 0 aliphatic heterocycles. The van der Waals surface area contributed by atoms with Gasteiger partial charge in [0.05, 0.1) is 11.7 Å². The smallest absolute Gasteiger partial charge is 0.387 e. The van der Waals surface area contributed by atoms with Crippen molar-refractivity contribution in [3.8, 4) is 5.75 Å². The minimum Gasteiger partial charge on any atom is -0.434 e. The lowest BCUT2D eigenvalue weighted by atomic mass is 10.0. The molecule has 0 aliphatic rings. The van der Waals surface area contributed by atoms with Crippen molar-refractivity contribution in [3.63, 3.8) is 0 Å². The molecule has 21 heavy (non-hydrogen) atoms. The number of ether oxygens (including phenoxy) is 1. The average Bonchev–Trinajstić information content (AvgIpc) is 2.87. The Labute approximate surface area is 122 Å². The number of aryl methyl sites for hydroxylation is 1. The van der Waals surface area contributed by atoms with Crippen molar-refractivity contribution < 1.29 is 13.5 Å². The molecule has 2 rings (SSSR count). The van der Waals surface area contributed by atoms with E-state index in [0.29, 0.717) is 5.56 Å². The number of halogens is 2. The third-order valence-corrected chi connectivity index (χ3v) is 3.07. The topological polar surface area (TPSA) is 39.1 Å². The minimum atomic E-state index is -2.85. The first kappa shape index (κ1) is 15.4. The molecule has 6 heteroatoms. The molecule has 0 saturated heterocycles. The molecule has 1 N–H and O–H groups in total. The Morgan fingerprint density at radius 1 is 1.29 bits per heavy atom. The summed E-state index contributed by atoms with van der Waals surface area (Å²) >= 11 is 0. The molecule has 1 heterocycles. The van der Waals surface area contributed by atoms with Crippen molar-refractivity contribution in [3.05, 3.63) is 47.8 Å². The number of para-hydroxylation sites is 1. The average molecular weight is 295 g/mol. The first-order chi connectivity index (χ1) is 10.1. The van der Waals surface area contributed by atoms with Crippen LogP contribution in [0.15, 0.2) is 36.5 Å². The van der Waals surface area contributed by atoms with Crippen LogP contribution < -0.4 is 10.1 Å². The van der Waals surface area contributed by atoms with E-state index >= 15 is 0 Å². The standard InChI is InChI=1S/C15H19F2N3O/c1-3-9-18-14(12-8-10-20(2)19-12)11-6-4-5-7-13(11)21-15(16)17/h4-8,10,14-15,18H,3,9H2,1-2H3. The summed E-state index contributed by atoms with van der Waals surface area (Å²) in [5, 5.41) is 7.70. The van der Waals surface area contributed by atoms with E-state index in [-0.39, 0.29) is 11.8 Å². The quantitative estimate of drug-likeness (QED) is 0.853. The van der Waals surface area contributed by atoms with Crippen molar-refractivity contribution in [2.24, 2.45) is 7.05 Å². The molecule has 0 amide bonds. The first-order valence-electron chi connectivity index (χ1n) is 6.88. The summed E-state index contributed by atoms with van der Waals surface area (Å²) in [6.07, 6.45) is 2.76. The van der Waals surface area contributed by atoms with Gasteiger partial charge in [0.15, 0.2) is 0 Å². The molecule has 0 radical (unpaired) electrons. The van der Waals surface area contributed by atoms with Crippen LogP contribution in [0, 0.1) is 0 Å². The highest BCUT2D eigenvalue weighted by Gasteiger charge is 2.21. The van der Waals surface area contributed by atoms with Crippen LogP contribution in [0.5, 0.6) is 5.75 Å². The van der Waals surface area contributed by atoms with Crippen LogP contribution in [0.3, 0.4) is 0 Å². The largest absolute Gasteiger partial charge is 0.434 e. The summed E-state index contributed by atoms with van der Waals surface area (Å²) in [6, 6.07) is 8.39. The van der Waals surface area contributed by atoms with E-state index < -0.39 is 6.61 Å². The van der Waals surface area contributed by atoms with E-state index in [2.05, 4.69) is 15.2 Å². The third-order valence-electron chi connectivity index (χ3n) is 3.07. The van der Waals surface area contributed by atoms with Gasteiger partial charge >= 0.3 is 6.61 Å². The van der Waals surface area contributed by atoms with E-state index in [9.17, 15) is 8.78 Å². The lowest BCUT2D eigenvalue weighted by Gasteiger charge is -2.20. The maximum atomic E-state index is 12.6. The lowest BCUT2D eigenvalue weighted by Crippen LogP contribution is -2.24. The second-order valence-corrected chi connectivity index (χ2v) is 4.72. The van der Waals surface area contributed by atoms with Gasteiger partial charge in [0, 0.05) is 18.8 Å². The van der Waals surface area contributed by atoms with Crippen LogP contribution >= 0.6 is 0 Å². The molecule has 1 aromatic heterocycles. The summed E-state index contributed by atoms with van der Waals surface area (Å²) in [7, 11) is 1.82. The van der Waals surface area contributed by atoms with Gasteiger partial charge in [0.1, 0.15) is 5.75 Å². The fourth-order valence-corrected chi connectivity index (χ4v) is 2.17. The molecule has 0 fully saturated rings. The van der Waals surface area contributed by atoms with Gasteiger partial charge in [-0.1, -0.05) is 25.1 Å². The number of nitrogens with one attached hydrogen (secondary N) is 1. The normalized spacial score (nSPS) is 12.6. The van der Waals surface area contributed by atoms with Gasteiger partial charge in [-0.15, -0.1) is 0 Å². The van der Waals surface area contributed by atoms with Crippen LogP contribution in [-0.2, 0) is 7.05 Å². The molecule has 1 unspecified atom stereocenters. The van der Waals surface area contributed by atoms with Crippen LogP contribution in [-0.4, -0.2) is 22.9 Å². The van der Waals surface area contributed by atoms with E-state index in [1.54, 1.807) is 28.9 Å². The predicted octanol–water partition coefficient (Wildman–Crippen LogP) is 3.11. The summed E-state index contributed by atoms with van der Waals surface area (Å²) in [5.41, 5.74) is 1.43. The number of alkyl halides is 2. The summed E-state index contributed by atoms with van der Waals surface area (Å²) in [4.78, 5) is 0. The van der Waals surface area contributed by atoms with E-state index in [0.717, 1.165) is 18.7 Å². The molecule has 1 atom stereocenters. The Morgan fingerprint density at radius 3 is 2.67 bits per heavy atom. The van der Waals surface area contributed by atoms with Crippen molar-refractivity contribution in [2.45, 2.75) is 26.0 Å². The monoisotopic (exact) mass is 295 g/mol. The Balaban J connectivity index is 2.36. The number of hydrogen-bond donors (Lipinski definition) is 1.